The van der Waals surface area contributed by atoms with E-state index in [4.69, 9.17) is 5.11 Å². The molecule has 2 aliphatic rings. The van der Waals surface area contributed by atoms with Crippen LogP contribution in [0.5, 0.6) is 0 Å². The van der Waals surface area contributed by atoms with Gasteiger partial charge in [0.1, 0.15) is 0 Å². The molecule has 2 atom stereocenters. The molecule has 5 nitrogen and oxygen atoms in total. The normalized spacial score (nSPS) is 27.4. The Bertz CT molecular complexity index is 327. The van der Waals surface area contributed by atoms with Crippen LogP contribution in [0.4, 0.5) is 4.79 Å². The van der Waals surface area contributed by atoms with Crippen LogP contribution in [0.15, 0.2) is 0 Å². The van der Waals surface area contributed by atoms with Crippen molar-refractivity contribution in [2.24, 2.45) is 11.8 Å². The second-order valence-electron chi connectivity index (χ2n) is 5.88. The van der Waals surface area contributed by atoms with Gasteiger partial charge in [0, 0.05) is 12.6 Å². The lowest BCUT2D eigenvalue weighted by Crippen LogP contribution is -2.41. The third-order valence-electron chi connectivity index (χ3n) is 4.43. The molecule has 0 unspecified atom stereocenters. The first-order valence-corrected chi connectivity index (χ1v) is 7.42. The predicted octanol–water partition coefficient (Wildman–Crippen LogP) is 2.12. The molecule has 5 heteroatoms. The minimum Gasteiger partial charge on any atom is -0.481 e. The van der Waals surface area contributed by atoms with E-state index in [2.05, 4.69) is 10.6 Å². The van der Waals surface area contributed by atoms with Crippen molar-refractivity contribution in [3.63, 3.8) is 0 Å². The first-order valence-electron chi connectivity index (χ1n) is 7.42. The van der Waals surface area contributed by atoms with Crippen LogP contribution in [0.3, 0.4) is 0 Å². The van der Waals surface area contributed by atoms with Gasteiger partial charge in [-0.05, 0) is 31.6 Å². The average molecular weight is 268 g/mol. The van der Waals surface area contributed by atoms with Gasteiger partial charge >= 0.3 is 12.0 Å². The van der Waals surface area contributed by atoms with Gasteiger partial charge in [-0.2, -0.15) is 0 Å². The smallest absolute Gasteiger partial charge is 0.315 e. The zero-order valence-electron chi connectivity index (χ0n) is 11.4. The second kappa shape index (κ2) is 6.78. The number of carboxylic acids is 1. The molecule has 0 aromatic rings. The van der Waals surface area contributed by atoms with Crippen LogP contribution in [-0.4, -0.2) is 29.7 Å². The number of nitrogens with one attached hydrogen (secondary N) is 2. The van der Waals surface area contributed by atoms with E-state index in [9.17, 15) is 9.59 Å². The number of hydrogen-bond acceptors (Lipinski definition) is 2. The van der Waals surface area contributed by atoms with Crippen molar-refractivity contribution in [1.29, 1.82) is 0 Å². The maximum atomic E-state index is 11.7. The van der Waals surface area contributed by atoms with Crippen LogP contribution in [0.1, 0.15) is 51.4 Å². The van der Waals surface area contributed by atoms with E-state index in [1.807, 2.05) is 0 Å². The monoisotopic (exact) mass is 268 g/mol. The van der Waals surface area contributed by atoms with Crippen molar-refractivity contribution >= 4 is 12.0 Å². The summed E-state index contributed by atoms with van der Waals surface area (Å²) in [6.45, 7) is 0.728. The fourth-order valence-electron chi connectivity index (χ4n) is 3.26. The highest BCUT2D eigenvalue weighted by Gasteiger charge is 2.30. The zero-order chi connectivity index (χ0) is 13.7. The van der Waals surface area contributed by atoms with Gasteiger partial charge in [0.15, 0.2) is 0 Å². The van der Waals surface area contributed by atoms with Crippen LogP contribution in [0.25, 0.3) is 0 Å². The highest BCUT2D eigenvalue weighted by molar-refractivity contribution is 5.75. The Morgan fingerprint density at radius 3 is 2.47 bits per heavy atom. The first-order chi connectivity index (χ1) is 9.15. The van der Waals surface area contributed by atoms with E-state index in [1.54, 1.807) is 0 Å². The van der Waals surface area contributed by atoms with Crippen LogP contribution < -0.4 is 10.6 Å². The van der Waals surface area contributed by atoms with Gasteiger partial charge < -0.3 is 15.7 Å². The van der Waals surface area contributed by atoms with Gasteiger partial charge in [-0.25, -0.2) is 4.79 Å². The Kier molecular flexibility index (Phi) is 5.05. The molecule has 2 amide bonds. The van der Waals surface area contributed by atoms with Crippen molar-refractivity contribution in [3.05, 3.63) is 0 Å². The van der Waals surface area contributed by atoms with Gasteiger partial charge in [0.2, 0.25) is 0 Å². The number of urea groups is 1. The highest BCUT2D eigenvalue weighted by atomic mass is 16.4. The van der Waals surface area contributed by atoms with Crippen LogP contribution >= 0.6 is 0 Å². The van der Waals surface area contributed by atoms with E-state index >= 15 is 0 Å². The van der Waals surface area contributed by atoms with Gasteiger partial charge in [0.05, 0.1) is 5.92 Å². The van der Waals surface area contributed by atoms with Gasteiger partial charge in [-0.15, -0.1) is 0 Å². The molecule has 0 bridgehead atoms. The van der Waals surface area contributed by atoms with Gasteiger partial charge in [-0.1, -0.05) is 25.7 Å². The summed E-state index contributed by atoms with van der Waals surface area (Å²) in [5, 5.41) is 14.7. The highest BCUT2D eigenvalue weighted by Crippen LogP contribution is 2.27. The van der Waals surface area contributed by atoms with Crippen LogP contribution in [0, 0.1) is 11.8 Å². The Balaban J connectivity index is 1.58. The number of carbonyl (C=O) groups excluding carboxylic acids is 1. The third kappa shape index (κ3) is 4.40. The summed E-state index contributed by atoms with van der Waals surface area (Å²) < 4.78 is 0. The predicted molar refractivity (Wildman–Crippen MR) is 71.9 cm³/mol. The number of rotatable bonds is 5. The summed E-state index contributed by atoms with van der Waals surface area (Å²) in [6, 6.07) is -0.124. The van der Waals surface area contributed by atoms with E-state index in [1.165, 1.54) is 25.7 Å². The van der Waals surface area contributed by atoms with E-state index < -0.39 is 5.97 Å². The molecule has 2 saturated carbocycles. The molecule has 0 aromatic carbocycles. The van der Waals surface area contributed by atoms with Gasteiger partial charge in [-0.3, -0.25) is 4.79 Å². The number of aliphatic carboxylic acids is 1. The lowest BCUT2D eigenvalue weighted by atomic mass is 10.0. The molecule has 2 aliphatic carbocycles. The molecular weight excluding hydrogens is 244 g/mol. The zero-order valence-corrected chi connectivity index (χ0v) is 11.4. The molecule has 0 radical (unpaired) electrons. The van der Waals surface area contributed by atoms with Crippen molar-refractivity contribution in [1.82, 2.24) is 10.6 Å². The number of carbonyl (C=O) groups is 2. The second-order valence-corrected chi connectivity index (χ2v) is 5.88. The molecule has 0 heterocycles. The fourth-order valence-corrected chi connectivity index (χ4v) is 3.26. The molecule has 0 spiro atoms. The third-order valence-corrected chi connectivity index (χ3v) is 4.43. The van der Waals surface area contributed by atoms with E-state index in [-0.39, 0.29) is 18.0 Å². The van der Waals surface area contributed by atoms with Crippen LogP contribution in [-0.2, 0) is 4.79 Å². The molecule has 0 aromatic heterocycles. The Labute approximate surface area is 114 Å². The minimum atomic E-state index is -0.744. The number of carboxylic acid groups (broad SMARTS) is 1. The standard InChI is InChI=1S/C14H24N2O3/c17-13(18)11-5-6-12(9-11)16-14(19)15-8-7-10-3-1-2-4-10/h10-12H,1-9H2,(H,17,18)(H2,15,16,19)/t11-,12+/m1/s1. The lowest BCUT2D eigenvalue weighted by Gasteiger charge is -2.14. The SMILES string of the molecule is O=C(NCCC1CCCC1)N[C@H]1CC[C@@H](C(=O)O)C1. The van der Waals surface area contributed by atoms with Crippen molar-refractivity contribution < 1.29 is 14.7 Å². The first kappa shape index (κ1) is 14.2. The molecule has 3 N–H and O–H groups in total. The Morgan fingerprint density at radius 1 is 1.11 bits per heavy atom. The summed E-state index contributed by atoms with van der Waals surface area (Å²) in [6.07, 6.45) is 8.32. The fraction of sp³-hybridized carbons (Fsp3) is 0.857. The summed E-state index contributed by atoms with van der Waals surface area (Å²) in [5.74, 6) is -0.252. The Morgan fingerprint density at radius 2 is 1.84 bits per heavy atom. The number of hydrogen-bond donors (Lipinski definition) is 3. The maximum absolute atomic E-state index is 11.7. The average Bonchev–Trinajstić information content (AvgIpc) is 3.00. The maximum Gasteiger partial charge on any atom is 0.315 e. The molecule has 2 fully saturated rings. The topological polar surface area (TPSA) is 78.4 Å². The van der Waals surface area contributed by atoms with Crippen molar-refractivity contribution in [3.8, 4) is 0 Å². The summed E-state index contributed by atoms with van der Waals surface area (Å²) >= 11 is 0. The quantitative estimate of drug-likeness (QED) is 0.714. The minimum absolute atomic E-state index is 0.0209. The molecule has 2 rings (SSSR count). The summed E-state index contributed by atoms with van der Waals surface area (Å²) in [7, 11) is 0. The Hall–Kier alpha value is -1.26. The van der Waals surface area contributed by atoms with E-state index in [0.717, 1.165) is 25.3 Å². The van der Waals surface area contributed by atoms with Crippen molar-refractivity contribution in [2.45, 2.75) is 57.4 Å². The van der Waals surface area contributed by atoms with Crippen LogP contribution in [0.2, 0.25) is 0 Å². The largest absolute Gasteiger partial charge is 0.481 e. The molecular formula is C14H24N2O3. The lowest BCUT2D eigenvalue weighted by molar-refractivity contribution is -0.141. The number of amides is 2. The van der Waals surface area contributed by atoms with Crippen molar-refractivity contribution in [2.75, 3.05) is 6.54 Å². The molecule has 108 valence electrons. The summed E-state index contributed by atoms with van der Waals surface area (Å²) in [5.41, 5.74) is 0. The summed E-state index contributed by atoms with van der Waals surface area (Å²) in [4.78, 5) is 22.5. The molecule has 0 aliphatic heterocycles. The van der Waals surface area contributed by atoms with Gasteiger partial charge in [0.25, 0.3) is 0 Å². The molecule has 19 heavy (non-hydrogen) atoms. The molecule has 0 saturated heterocycles. The van der Waals surface area contributed by atoms with E-state index in [0.29, 0.717) is 12.8 Å².